The van der Waals surface area contributed by atoms with Gasteiger partial charge in [-0.05, 0) is 36.8 Å². The lowest BCUT2D eigenvalue weighted by atomic mass is 10.1. The number of carbonyl (C=O) groups excluding carboxylic acids is 2. The molecule has 2 atom stereocenters. The van der Waals surface area contributed by atoms with Crippen LogP contribution in [0.5, 0.6) is 0 Å². The molecule has 39 heavy (non-hydrogen) atoms. The minimum Gasteiger partial charge on any atom is -0.456 e. The number of aryl methyl sites for hydroxylation is 1. The van der Waals surface area contributed by atoms with Gasteiger partial charge in [0.15, 0.2) is 0 Å². The van der Waals surface area contributed by atoms with E-state index in [-0.39, 0.29) is 24.3 Å². The molecule has 0 fully saturated rings. The summed E-state index contributed by atoms with van der Waals surface area (Å²) in [6.07, 6.45) is 0.593. The first kappa shape index (κ1) is 28.2. The third-order valence-electron chi connectivity index (χ3n) is 6.12. The average Bonchev–Trinajstić information content (AvgIpc) is 2.98. The van der Waals surface area contributed by atoms with Gasteiger partial charge in [0, 0.05) is 21.8 Å². The minimum atomic E-state index is -0.835. The van der Waals surface area contributed by atoms with Crippen LogP contribution in [0.3, 0.4) is 0 Å². The number of aromatic nitrogens is 2. The molecule has 1 aromatic heterocycles. The van der Waals surface area contributed by atoms with Gasteiger partial charge < -0.3 is 9.47 Å². The fourth-order valence-electron chi connectivity index (χ4n) is 4.06. The van der Waals surface area contributed by atoms with Crippen LogP contribution in [0.1, 0.15) is 37.9 Å². The molecule has 4 rings (SSSR count). The second-order valence-corrected chi connectivity index (χ2v) is 9.73. The van der Waals surface area contributed by atoms with Crippen LogP contribution >= 0.6 is 22.6 Å². The van der Waals surface area contributed by atoms with E-state index in [9.17, 15) is 19.2 Å². The minimum absolute atomic E-state index is 0.0122. The first-order chi connectivity index (χ1) is 18.9. The van der Waals surface area contributed by atoms with E-state index in [0.717, 1.165) is 5.56 Å². The van der Waals surface area contributed by atoms with Gasteiger partial charge in [-0.25, -0.2) is 9.59 Å². The zero-order valence-corrected chi connectivity index (χ0v) is 23.4. The summed E-state index contributed by atoms with van der Waals surface area (Å²) in [5, 5.41) is 0. The largest absolute Gasteiger partial charge is 0.456 e. The fourth-order valence-corrected chi connectivity index (χ4v) is 4.82. The SMILES string of the molecule is Cc1cn([C@H](COCc2ccccc2)[C@H](CI)OC(=O)c2ccccc2)c(=O)n(C(=O)c2ccccc2)c1=O. The molecule has 8 nitrogen and oxygen atoms in total. The highest BCUT2D eigenvalue weighted by Crippen LogP contribution is 2.20. The number of hydrogen-bond donors (Lipinski definition) is 0. The molecule has 0 aliphatic heterocycles. The highest BCUT2D eigenvalue weighted by atomic mass is 127. The van der Waals surface area contributed by atoms with E-state index >= 15 is 0 Å². The summed E-state index contributed by atoms with van der Waals surface area (Å²) in [4.78, 5) is 52.9. The van der Waals surface area contributed by atoms with Gasteiger partial charge in [0.05, 0.1) is 24.8 Å². The molecule has 200 valence electrons. The molecular weight excluding hydrogens is 611 g/mol. The molecule has 0 aliphatic carbocycles. The molecule has 9 heteroatoms. The Morgan fingerprint density at radius 2 is 1.41 bits per heavy atom. The summed E-state index contributed by atoms with van der Waals surface area (Å²) in [7, 11) is 0. The van der Waals surface area contributed by atoms with Crippen molar-refractivity contribution in [1.82, 2.24) is 9.13 Å². The van der Waals surface area contributed by atoms with E-state index in [1.54, 1.807) is 48.5 Å². The van der Waals surface area contributed by atoms with Gasteiger partial charge in [-0.15, -0.1) is 0 Å². The topological polar surface area (TPSA) is 96.6 Å². The van der Waals surface area contributed by atoms with Crippen LogP contribution in [0.15, 0.2) is 107 Å². The summed E-state index contributed by atoms with van der Waals surface area (Å²) >= 11 is 2.08. The molecule has 1 heterocycles. The van der Waals surface area contributed by atoms with Crippen molar-refractivity contribution in [2.24, 2.45) is 0 Å². The molecule has 0 saturated heterocycles. The number of ether oxygens (including phenoxy) is 2. The lowest BCUT2D eigenvalue weighted by Crippen LogP contribution is -2.48. The van der Waals surface area contributed by atoms with E-state index in [4.69, 9.17) is 9.47 Å². The maximum Gasteiger partial charge on any atom is 0.338 e. The molecule has 4 aromatic rings. The molecule has 0 N–H and O–H groups in total. The molecule has 0 aliphatic rings. The van der Waals surface area contributed by atoms with Crippen molar-refractivity contribution >= 4 is 34.5 Å². The van der Waals surface area contributed by atoms with Gasteiger partial charge in [0.25, 0.3) is 11.5 Å². The summed E-state index contributed by atoms with van der Waals surface area (Å²) < 4.78 is 14.1. The molecule has 0 saturated carbocycles. The van der Waals surface area contributed by atoms with Gasteiger partial charge in [0.2, 0.25) is 0 Å². The van der Waals surface area contributed by atoms with Crippen molar-refractivity contribution in [3.63, 3.8) is 0 Å². The average molecular weight is 638 g/mol. The quantitative estimate of drug-likeness (QED) is 0.145. The van der Waals surface area contributed by atoms with E-state index < -0.39 is 35.3 Å². The second-order valence-electron chi connectivity index (χ2n) is 8.85. The lowest BCUT2D eigenvalue weighted by Gasteiger charge is -2.28. The number of alkyl halides is 1. The zero-order chi connectivity index (χ0) is 27.8. The molecule has 0 unspecified atom stereocenters. The van der Waals surface area contributed by atoms with Crippen LogP contribution in [0, 0.1) is 6.92 Å². The first-order valence-electron chi connectivity index (χ1n) is 12.3. The smallest absolute Gasteiger partial charge is 0.338 e. The second kappa shape index (κ2) is 13.3. The third-order valence-corrected chi connectivity index (χ3v) is 6.98. The zero-order valence-electron chi connectivity index (χ0n) is 21.2. The van der Waals surface area contributed by atoms with Crippen LogP contribution in [0.25, 0.3) is 0 Å². The van der Waals surface area contributed by atoms with E-state index in [1.165, 1.54) is 29.8 Å². The Morgan fingerprint density at radius 1 is 0.846 bits per heavy atom. The van der Waals surface area contributed by atoms with Crippen LogP contribution in [-0.4, -0.2) is 38.1 Å². The maximum atomic E-state index is 13.7. The Labute approximate surface area is 239 Å². The number of carbonyl (C=O) groups is 2. The highest BCUT2D eigenvalue weighted by Gasteiger charge is 2.30. The van der Waals surface area contributed by atoms with Crippen molar-refractivity contribution in [1.29, 1.82) is 0 Å². The standard InChI is InChI=1S/C30H27IN2O6/c1-21-18-32(30(37)33(27(21)34)28(35)23-13-7-3-8-14-23)25(20-38-19-22-11-5-2-6-12-22)26(17-31)39-29(36)24-15-9-4-10-16-24/h2-16,18,25-26H,17,19-20H2,1H3/t25-,26+/m1/s1. The van der Waals surface area contributed by atoms with Gasteiger partial charge in [-0.3, -0.25) is 14.2 Å². The van der Waals surface area contributed by atoms with Crippen molar-refractivity contribution in [3.8, 4) is 0 Å². The van der Waals surface area contributed by atoms with Gasteiger partial charge >= 0.3 is 11.7 Å². The van der Waals surface area contributed by atoms with Gasteiger partial charge in [-0.1, -0.05) is 89.3 Å². The molecular formula is C30H27IN2O6. The van der Waals surface area contributed by atoms with Crippen molar-refractivity contribution in [2.45, 2.75) is 25.7 Å². The number of esters is 1. The third kappa shape index (κ3) is 6.79. The molecule has 0 amide bonds. The summed E-state index contributed by atoms with van der Waals surface area (Å²) in [5.41, 5.74) is 0.139. The summed E-state index contributed by atoms with van der Waals surface area (Å²) in [6.45, 7) is 1.78. The predicted molar refractivity (Wildman–Crippen MR) is 156 cm³/mol. The number of rotatable bonds is 10. The summed E-state index contributed by atoms with van der Waals surface area (Å²) in [6, 6.07) is 25.4. The van der Waals surface area contributed by atoms with E-state index in [2.05, 4.69) is 22.6 Å². The van der Waals surface area contributed by atoms with E-state index in [1.807, 2.05) is 30.3 Å². The van der Waals surface area contributed by atoms with Gasteiger partial charge in [-0.2, -0.15) is 4.57 Å². The Morgan fingerprint density at radius 3 is 2.00 bits per heavy atom. The van der Waals surface area contributed by atoms with Crippen molar-refractivity contribution in [3.05, 3.63) is 140 Å². The Hall–Kier alpha value is -3.83. The molecule has 0 spiro atoms. The lowest BCUT2D eigenvalue weighted by molar-refractivity contribution is -0.000157. The Kier molecular flexibility index (Phi) is 9.61. The fraction of sp³-hybridized carbons (Fsp3) is 0.200. The molecule has 3 aromatic carbocycles. The molecule has 0 bridgehead atoms. The Bertz CT molecular complexity index is 1530. The highest BCUT2D eigenvalue weighted by molar-refractivity contribution is 14.1. The molecule has 0 radical (unpaired) electrons. The first-order valence-corrected chi connectivity index (χ1v) is 13.8. The number of halogens is 1. The predicted octanol–water partition coefficient (Wildman–Crippen LogP) is 4.43. The van der Waals surface area contributed by atoms with Crippen molar-refractivity contribution < 1.29 is 19.1 Å². The monoisotopic (exact) mass is 638 g/mol. The van der Waals surface area contributed by atoms with Crippen LogP contribution in [0.4, 0.5) is 0 Å². The number of hydrogen-bond acceptors (Lipinski definition) is 6. The Balaban J connectivity index is 1.74. The number of nitrogens with zero attached hydrogens (tertiary/aromatic N) is 2. The van der Waals surface area contributed by atoms with Crippen LogP contribution < -0.4 is 11.2 Å². The van der Waals surface area contributed by atoms with Crippen LogP contribution in [0.2, 0.25) is 0 Å². The van der Waals surface area contributed by atoms with E-state index in [0.29, 0.717) is 14.6 Å². The normalized spacial score (nSPS) is 12.5. The van der Waals surface area contributed by atoms with Gasteiger partial charge in [0.1, 0.15) is 6.10 Å². The summed E-state index contributed by atoms with van der Waals surface area (Å²) in [5.74, 6) is -1.29. The van der Waals surface area contributed by atoms with Crippen molar-refractivity contribution in [2.75, 3.05) is 11.0 Å². The van der Waals surface area contributed by atoms with Crippen LogP contribution in [-0.2, 0) is 16.1 Å². The maximum absolute atomic E-state index is 13.7. The number of benzene rings is 3.